The van der Waals surface area contributed by atoms with Crippen LogP contribution in [-0.2, 0) is 4.84 Å². The van der Waals surface area contributed by atoms with Crippen molar-refractivity contribution in [1.82, 2.24) is 5.01 Å². The van der Waals surface area contributed by atoms with Crippen molar-refractivity contribution in [2.75, 3.05) is 13.2 Å². The lowest BCUT2D eigenvalue weighted by atomic mass is 10.4. The molecule has 1 aliphatic rings. The van der Waals surface area contributed by atoms with E-state index >= 15 is 0 Å². The van der Waals surface area contributed by atoms with E-state index in [1.54, 1.807) is 6.07 Å². The largest absolute Gasteiger partial charge is 0.372 e. The number of hydrogen-bond acceptors (Lipinski definition) is 5. The molecule has 1 heterocycles. The highest BCUT2D eigenvalue weighted by molar-refractivity contribution is 4.66. The van der Waals surface area contributed by atoms with Gasteiger partial charge < -0.3 is 9.94 Å². The van der Waals surface area contributed by atoms with Gasteiger partial charge in [0.05, 0.1) is 0 Å². The maximum atomic E-state index is 9.20. The molecular formula is C6H10N4O2. The van der Waals surface area contributed by atoms with Crippen LogP contribution in [0.1, 0.15) is 12.8 Å². The Labute approximate surface area is 70.0 Å². The standard InChI is InChI=1S/C6H10N4O2/c7-3-5-12-9-8-10-4-1-2-6(10)11/h6,11H,1-2,4-5H2. The van der Waals surface area contributed by atoms with E-state index in [2.05, 4.69) is 15.3 Å². The van der Waals surface area contributed by atoms with Crippen LogP contribution in [0.2, 0.25) is 0 Å². The third kappa shape index (κ3) is 2.36. The van der Waals surface area contributed by atoms with Crippen LogP contribution in [0.5, 0.6) is 0 Å². The first kappa shape index (κ1) is 8.74. The summed E-state index contributed by atoms with van der Waals surface area (Å²) in [4.78, 5) is 4.44. The summed E-state index contributed by atoms with van der Waals surface area (Å²) in [6, 6.07) is 1.75. The van der Waals surface area contributed by atoms with Crippen LogP contribution in [0.15, 0.2) is 10.5 Å². The van der Waals surface area contributed by atoms with Crippen LogP contribution in [0.3, 0.4) is 0 Å². The molecule has 12 heavy (non-hydrogen) atoms. The highest BCUT2D eigenvalue weighted by Crippen LogP contribution is 2.14. The van der Waals surface area contributed by atoms with Gasteiger partial charge >= 0.3 is 0 Å². The summed E-state index contributed by atoms with van der Waals surface area (Å²) in [7, 11) is 0. The fourth-order valence-electron chi connectivity index (χ4n) is 0.969. The fourth-order valence-corrected chi connectivity index (χ4v) is 0.969. The molecule has 0 spiro atoms. The van der Waals surface area contributed by atoms with Gasteiger partial charge in [-0.05, 0) is 18.1 Å². The van der Waals surface area contributed by atoms with Crippen molar-refractivity contribution in [1.29, 1.82) is 5.26 Å². The maximum absolute atomic E-state index is 9.20. The molecule has 1 unspecified atom stereocenters. The van der Waals surface area contributed by atoms with Crippen molar-refractivity contribution in [3.05, 3.63) is 0 Å². The monoisotopic (exact) mass is 170 g/mol. The Kier molecular flexibility index (Phi) is 3.29. The highest BCUT2D eigenvalue weighted by Gasteiger charge is 2.20. The smallest absolute Gasteiger partial charge is 0.204 e. The molecule has 0 bridgehead atoms. The van der Waals surface area contributed by atoms with E-state index in [4.69, 9.17) is 5.26 Å². The van der Waals surface area contributed by atoms with Gasteiger partial charge in [-0.1, -0.05) is 0 Å². The minimum absolute atomic E-state index is 0.118. The molecule has 6 nitrogen and oxygen atoms in total. The average molecular weight is 170 g/mol. The molecule has 1 fully saturated rings. The first-order valence-electron chi connectivity index (χ1n) is 3.69. The maximum Gasteiger partial charge on any atom is 0.204 e. The minimum Gasteiger partial charge on any atom is -0.372 e. The SMILES string of the molecule is N#CCON=NN1CCCC1O. The Hall–Kier alpha value is -1.35. The molecule has 0 aliphatic carbocycles. The van der Waals surface area contributed by atoms with Crippen LogP contribution in [0.4, 0.5) is 0 Å². The van der Waals surface area contributed by atoms with Gasteiger partial charge in [0.1, 0.15) is 12.3 Å². The van der Waals surface area contributed by atoms with Gasteiger partial charge in [0.2, 0.25) is 6.61 Å². The molecule has 1 saturated heterocycles. The molecule has 0 saturated carbocycles. The van der Waals surface area contributed by atoms with Gasteiger partial charge in [-0.25, -0.2) is 5.01 Å². The lowest BCUT2D eigenvalue weighted by molar-refractivity contribution is 0.0145. The second-order valence-electron chi connectivity index (χ2n) is 2.39. The third-order valence-electron chi connectivity index (χ3n) is 1.53. The molecule has 0 aromatic carbocycles. The van der Waals surface area contributed by atoms with Gasteiger partial charge in [-0.3, -0.25) is 0 Å². The van der Waals surface area contributed by atoms with Crippen molar-refractivity contribution in [2.45, 2.75) is 19.1 Å². The van der Waals surface area contributed by atoms with Crippen LogP contribution in [-0.4, -0.2) is 29.5 Å². The normalized spacial score (nSPS) is 23.0. The number of nitrogens with zero attached hydrogens (tertiary/aromatic N) is 4. The van der Waals surface area contributed by atoms with Crippen molar-refractivity contribution in [2.24, 2.45) is 10.5 Å². The van der Waals surface area contributed by atoms with Crippen molar-refractivity contribution < 1.29 is 9.94 Å². The fraction of sp³-hybridized carbons (Fsp3) is 0.833. The molecule has 1 N–H and O–H groups in total. The van der Waals surface area contributed by atoms with Gasteiger partial charge in [0.15, 0.2) is 0 Å². The molecule has 0 aromatic rings. The Morgan fingerprint density at radius 2 is 2.58 bits per heavy atom. The first-order valence-corrected chi connectivity index (χ1v) is 3.69. The Balaban J connectivity index is 2.21. The van der Waals surface area contributed by atoms with Gasteiger partial charge in [0.25, 0.3) is 0 Å². The van der Waals surface area contributed by atoms with Crippen LogP contribution >= 0.6 is 0 Å². The first-order chi connectivity index (χ1) is 5.84. The number of nitriles is 1. The quantitative estimate of drug-likeness (QED) is 0.373. The summed E-state index contributed by atoms with van der Waals surface area (Å²) in [6.07, 6.45) is 1.05. The average Bonchev–Trinajstić information content (AvgIpc) is 2.46. The number of hydrogen-bond donors (Lipinski definition) is 1. The molecule has 0 aromatic heterocycles. The summed E-state index contributed by atoms with van der Waals surface area (Å²) in [5.41, 5.74) is 0. The van der Waals surface area contributed by atoms with Gasteiger partial charge in [-0.15, -0.1) is 0 Å². The highest BCUT2D eigenvalue weighted by atomic mass is 16.6. The summed E-state index contributed by atoms with van der Waals surface area (Å²) in [5.74, 6) is 0. The van der Waals surface area contributed by atoms with Crippen LogP contribution in [0, 0.1) is 11.3 Å². The molecular weight excluding hydrogens is 160 g/mol. The van der Waals surface area contributed by atoms with E-state index in [-0.39, 0.29) is 6.61 Å². The zero-order valence-corrected chi connectivity index (χ0v) is 6.55. The molecule has 0 radical (unpaired) electrons. The van der Waals surface area contributed by atoms with E-state index in [1.807, 2.05) is 0 Å². The molecule has 6 heteroatoms. The zero-order valence-electron chi connectivity index (χ0n) is 6.55. The summed E-state index contributed by atoms with van der Waals surface area (Å²) in [5, 5.41) is 25.5. The molecule has 1 aliphatic heterocycles. The molecule has 0 amide bonds. The Morgan fingerprint density at radius 3 is 3.17 bits per heavy atom. The Morgan fingerprint density at radius 1 is 1.75 bits per heavy atom. The number of aliphatic hydroxyl groups excluding tert-OH is 1. The minimum atomic E-state index is -0.556. The summed E-state index contributed by atoms with van der Waals surface area (Å²) < 4.78 is 0. The lowest BCUT2D eigenvalue weighted by Crippen LogP contribution is -2.22. The molecule has 1 atom stereocenters. The summed E-state index contributed by atoms with van der Waals surface area (Å²) >= 11 is 0. The topological polar surface area (TPSA) is 81.2 Å². The third-order valence-corrected chi connectivity index (χ3v) is 1.53. The molecule has 1 rings (SSSR count). The van der Waals surface area contributed by atoms with E-state index in [0.717, 1.165) is 6.42 Å². The van der Waals surface area contributed by atoms with Gasteiger partial charge in [-0.2, -0.15) is 5.26 Å². The van der Waals surface area contributed by atoms with Crippen LogP contribution < -0.4 is 0 Å². The second kappa shape index (κ2) is 4.51. The Bertz CT molecular complexity index is 200. The second-order valence-corrected chi connectivity index (χ2v) is 2.39. The summed E-state index contributed by atoms with van der Waals surface area (Å²) in [6.45, 7) is 0.564. The van der Waals surface area contributed by atoms with Crippen LogP contribution in [0.25, 0.3) is 0 Å². The predicted octanol–water partition coefficient (Wildman–Crippen LogP) is 0.223. The van der Waals surface area contributed by atoms with E-state index in [9.17, 15) is 5.11 Å². The predicted molar refractivity (Wildman–Crippen MR) is 38.4 cm³/mol. The zero-order chi connectivity index (χ0) is 8.81. The molecule has 66 valence electrons. The van der Waals surface area contributed by atoms with Crippen molar-refractivity contribution in [3.63, 3.8) is 0 Å². The van der Waals surface area contributed by atoms with E-state index in [1.165, 1.54) is 5.01 Å². The van der Waals surface area contributed by atoms with Gasteiger partial charge in [0, 0.05) is 11.8 Å². The number of rotatable bonds is 3. The lowest BCUT2D eigenvalue weighted by Gasteiger charge is -2.12. The van der Waals surface area contributed by atoms with Crippen molar-refractivity contribution >= 4 is 0 Å². The van der Waals surface area contributed by atoms with Crippen molar-refractivity contribution in [3.8, 4) is 6.07 Å². The number of aliphatic hydroxyl groups is 1. The van der Waals surface area contributed by atoms with E-state index < -0.39 is 6.23 Å². The van der Waals surface area contributed by atoms with E-state index in [0.29, 0.717) is 13.0 Å².